The molecule has 0 saturated carbocycles. The lowest BCUT2D eigenvalue weighted by molar-refractivity contribution is -0.138. The van der Waals surface area contributed by atoms with Crippen molar-refractivity contribution in [2.75, 3.05) is 11.5 Å². The van der Waals surface area contributed by atoms with Gasteiger partial charge in [0.15, 0.2) is 0 Å². The van der Waals surface area contributed by atoms with Crippen molar-refractivity contribution in [1.29, 1.82) is 0 Å². The number of rotatable bonds is 8. The van der Waals surface area contributed by atoms with E-state index in [1.807, 2.05) is 6.08 Å². The van der Waals surface area contributed by atoms with E-state index < -0.39 is 23.7 Å². The fourth-order valence-corrected chi connectivity index (χ4v) is 2.15. The van der Waals surface area contributed by atoms with Gasteiger partial charge in [0.05, 0.1) is 0 Å². The van der Waals surface area contributed by atoms with E-state index in [2.05, 4.69) is 11.9 Å². The predicted octanol–water partition coefficient (Wildman–Crippen LogP) is 2.66. The number of carboxylic acid groups (broad SMARTS) is 1. The number of carboxylic acids is 1. The van der Waals surface area contributed by atoms with Crippen LogP contribution in [0.25, 0.3) is 0 Å². The summed E-state index contributed by atoms with van der Waals surface area (Å²) in [5.74, 6) is 0.111. The maximum Gasteiger partial charge on any atom is 0.408 e. The molecule has 0 fully saturated rings. The first-order chi connectivity index (χ1) is 8.76. The van der Waals surface area contributed by atoms with Crippen LogP contribution in [0.4, 0.5) is 4.79 Å². The number of carbonyl (C=O) groups excluding carboxylic acids is 1. The molecule has 6 heteroatoms. The highest BCUT2D eigenvalue weighted by Gasteiger charge is 2.23. The zero-order valence-electron chi connectivity index (χ0n) is 11.8. The van der Waals surface area contributed by atoms with Gasteiger partial charge in [0.25, 0.3) is 0 Å². The molecule has 1 atom stereocenters. The fraction of sp³-hybridized carbons (Fsp3) is 0.692. The van der Waals surface area contributed by atoms with Crippen LogP contribution in [0.3, 0.4) is 0 Å². The third kappa shape index (κ3) is 10.4. The molecular formula is C13H23NO4S. The summed E-state index contributed by atoms with van der Waals surface area (Å²) in [6, 6.07) is -0.927. The number of hydrogen-bond acceptors (Lipinski definition) is 4. The smallest absolute Gasteiger partial charge is 0.408 e. The van der Waals surface area contributed by atoms with Gasteiger partial charge in [-0.15, -0.1) is 6.58 Å². The first kappa shape index (κ1) is 17.8. The fourth-order valence-electron chi connectivity index (χ4n) is 1.16. The maximum atomic E-state index is 11.5. The van der Waals surface area contributed by atoms with Crippen LogP contribution in [-0.2, 0) is 9.53 Å². The van der Waals surface area contributed by atoms with Crippen molar-refractivity contribution in [2.24, 2.45) is 0 Å². The Morgan fingerprint density at radius 2 is 2.11 bits per heavy atom. The Balaban J connectivity index is 4.08. The lowest BCUT2D eigenvalue weighted by Gasteiger charge is -2.21. The molecule has 2 N–H and O–H groups in total. The zero-order valence-corrected chi connectivity index (χ0v) is 12.6. The van der Waals surface area contributed by atoms with Crippen LogP contribution >= 0.6 is 11.8 Å². The number of carbonyl (C=O) groups is 2. The van der Waals surface area contributed by atoms with Gasteiger partial charge in [-0.05, 0) is 39.4 Å². The molecule has 5 nitrogen and oxygen atoms in total. The van der Waals surface area contributed by atoms with E-state index in [0.29, 0.717) is 5.75 Å². The second-order valence-corrected chi connectivity index (χ2v) is 6.19. The summed E-state index contributed by atoms with van der Waals surface area (Å²) in [5.41, 5.74) is -0.635. The van der Waals surface area contributed by atoms with Gasteiger partial charge >= 0.3 is 12.1 Å². The van der Waals surface area contributed by atoms with Crippen LogP contribution in [0.15, 0.2) is 12.7 Å². The van der Waals surface area contributed by atoms with Gasteiger partial charge in [0.2, 0.25) is 0 Å². The first-order valence-electron chi connectivity index (χ1n) is 6.17. The molecule has 110 valence electrons. The molecule has 19 heavy (non-hydrogen) atoms. The molecular weight excluding hydrogens is 266 g/mol. The number of alkyl carbamates (subject to hydrolysis) is 1. The van der Waals surface area contributed by atoms with E-state index >= 15 is 0 Å². The highest BCUT2D eigenvalue weighted by Crippen LogP contribution is 2.10. The monoisotopic (exact) mass is 289 g/mol. The van der Waals surface area contributed by atoms with Gasteiger partial charge in [0, 0.05) is 5.75 Å². The molecule has 0 unspecified atom stereocenters. The van der Waals surface area contributed by atoms with E-state index in [1.165, 1.54) is 11.8 Å². The minimum absolute atomic E-state index is 0.325. The Morgan fingerprint density at radius 3 is 2.58 bits per heavy atom. The number of hydrogen-bond donors (Lipinski definition) is 2. The number of nitrogens with one attached hydrogen (secondary N) is 1. The zero-order chi connectivity index (χ0) is 14.9. The van der Waals surface area contributed by atoms with Gasteiger partial charge < -0.3 is 15.2 Å². The number of allylic oxidation sites excluding steroid dienone is 1. The predicted molar refractivity (Wildman–Crippen MR) is 77.5 cm³/mol. The van der Waals surface area contributed by atoms with Crippen molar-refractivity contribution in [3.05, 3.63) is 12.7 Å². The van der Waals surface area contributed by atoms with Gasteiger partial charge in [-0.3, -0.25) is 0 Å². The average Bonchev–Trinajstić information content (AvgIpc) is 2.24. The number of thioether (sulfide) groups is 1. The van der Waals surface area contributed by atoms with Crippen molar-refractivity contribution < 1.29 is 19.4 Å². The molecule has 1 amide bonds. The lowest BCUT2D eigenvalue weighted by Crippen LogP contribution is -2.45. The van der Waals surface area contributed by atoms with E-state index in [4.69, 9.17) is 9.84 Å². The molecule has 0 rings (SSSR count). The highest BCUT2D eigenvalue weighted by atomic mass is 32.2. The SMILES string of the molecule is C=CCCCSC[C@@H](NC(=O)OC(C)(C)C)C(=O)O. The number of ether oxygens (including phenoxy) is 1. The molecule has 0 heterocycles. The average molecular weight is 289 g/mol. The van der Waals surface area contributed by atoms with Crippen LogP contribution in [0.2, 0.25) is 0 Å². The number of unbranched alkanes of at least 4 members (excludes halogenated alkanes) is 1. The van der Waals surface area contributed by atoms with E-state index in [1.54, 1.807) is 20.8 Å². The second kappa shape index (κ2) is 8.85. The summed E-state index contributed by atoms with van der Waals surface area (Å²) < 4.78 is 5.03. The number of aliphatic carboxylic acids is 1. The molecule has 0 saturated heterocycles. The van der Waals surface area contributed by atoms with Crippen LogP contribution in [0.5, 0.6) is 0 Å². The van der Waals surface area contributed by atoms with Gasteiger partial charge in [-0.25, -0.2) is 9.59 Å². The Morgan fingerprint density at radius 1 is 1.47 bits per heavy atom. The van der Waals surface area contributed by atoms with Gasteiger partial charge in [-0.2, -0.15) is 11.8 Å². The standard InChI is InChI=1S/C13H23NO4S/c1-5-6-7-8-19-9-10(11(15)16)14-12(17)18-13(2,3)4/h5,10H,1,6-9H2,2-4H3,(H,14,17)(H,15,16)/t10-/m1/s1. The second-order valence-electron chi connectivity index (χ2n) is 5.04. The lowest BCUT2D eigenvalue weighted by atomic mass is 10.2. The Bertz CT molecular complexity index is 312. The van der Waals surface area contributed by atoms with Crippen molar-refractivity contribution in [1.82, 2.24) is 5.32 Å². The van der Waals surface area contributed by atoms with Crippen molar-refractivity contribution >= 4 is 23.8 Å². The molecule has 0 radical (unpaired) electrons. The van der Waals surface area contributed by atoms with E-state index in [9.17, 15) is 9.59 Å². The molecule has 0 spiro atoms. The van der Waals surface area contributed by atoms with Crippen molar-refractivity contribution in [3.8, 4) is 0 Å². The summed E-state index contributed by atoms with van der Waals surface area (Å²) in [6.07, 6.45) is 2.98. The van der Waals surface area contributed by atoms with Crippen LogP contribution < -0.4 is 5.32 Å². The first-order valence-corrected chi connectivity index (χ1v) is 7.32. The Labute approximate surface area is 118 Å². The molecule has 0 aromatic carbocycles. The van der Waals surface area contributed by atoms with Gasteiger partial charge in [0.1, 0.15) is 11.6 Å². The minimum atomic E-state index is -1.05. The van der Waals surface area contributed by atoms with Crippen molar-refractivity contribution in [3.63, 3.8) is 0 Å². The minimum Gasteiger partial charge on any atom is -0.480 e. The Kier molecular flexibility index (Phi) is 8.30. The normalized spacial score (nSPS) is 12.6. The molecule has 0 aromatic rings. The molecule has 0 aliphatic carbocycles. The summed E-state index contributed by atoms with van der Waals surface area (Å²) in [6.45, 7) is 8.80. The molecule has 0 aliphatic rings. The third-order valence-corrected chi connectivity index (χ3v) is 3.12. The highest BCUT2D eigenvalue weighted by molar-refractivity contribution is 7.99. The molecule has 0 aliphatic heterocycles. The third-order valence-electron chi connectivity index (χ3n) is 1.97. The maximum absolute atomic E-state index is 11.5. The van der Waals surface area contributed by atoms with Crippen molar-refractivity contribution in [2.45, 2.75) is 45.3 Å². The summed E-state index contributed by atoms with van der Waals surface area (Å²) >= 11 is 1.49. The summed E-state index contributed by atoms with van der Waals surface area (Å²) in [4.78, 5) is 22.5. The Hall–Kier alpha value is -1.17. The van der Waals surface area contributed by atoms with E-state index in [-0.39, 0.29) is 0 Å². The topological polar surface area (TPSA) is 75.6 Å². The van der Waals surface area contributed by atoms with Gasteiger partial charge in [-0.1, -0.05) is 6.08 Å². The van der Waals surface area contributed by atoms with E-state index in [0.717, 1.165) is 18.6 Å². The largest absolute Gasteiger partial charge is 0.480 e. The van der Waals surface area contributed by atoms with Crippen LogP contribution in [-0.4, -0.2) is 40.3 Å². The van der Waals surface area contributed by atoms with Crippen LogP contribution in [0, 0.1) is 0 Å². The quantitative estimate of drug-likeness (QED) is 0.531. The molecule has 0 aromatic heterocycles. The summed E-state index contributed by atoms with van der Waals surface area (Å²) in [5, 5.41) is 11.4. The van der Waals surface area contributed by atoms with Crippen LogP contribution in [0.1, 0.15) is 33.6 Å². The number of amides is 1. The summed E-state index contributed by atoms with van der Waals surface area (Å²) in [7, 11) is 0. The molecule has 0 bridgehead atoms.